The molecule has 2 unspecified atom stereocenters. The third-order valence-corrected chi connectivity index (χ3v) is 4.32. The molecule has 0 aliphatic rings. The minimum absolute atomic E-state index is 0.0841. The Hall–Kier alpha value is -0.0900. The smallest absolute Gasteiger partial charge is 0.0931 e. The SMILES string of the molecule is COC(C)(C)CC(C)NC(C)c1ccc(Cl)s1. The summed E-state index contributed by atoms with van der Waals surface area (Å²) in [5, 5.41) is 3.57. The molecule has 1 N–H and O–H groups in total. The molecular formula is C13H22ClNOS. The number of nitrogens with one attached hydrogen (secondary N) is 1. The second kappa shape index (κ2) is 6.19. The van der Waals surface area contributed by atoms with Crippen LogP contribution in [0.25, 0.3) is 0 Å². The number of rotatable bonds is 6. The highest BCUT2D eigenvalue weighted by Gasteiger charge is 2.21. The Morgan fingerprint density at radius 1 is 1.41 bits per heavy atom. The minimum atomic E-state index is -0.0841. The van der Waals surface area contributed by atoms with Gasteiger partial charge in [0, 0.05) is 24.1 Å². The van der Waals surface area contributed by atoms with Crippen LogP contribution in [0.15, 0.2) is 12.1 Å². The number of ether oxygens (including phenoxy) is 1. The molecule has 0 amide bonds. The van der Waals surface area contributed by atoms with Crippen molar-refractivity contribution in [1.82, 2.24) is 5.32 Å². The monoisotopic (exact) mass is 275 g/mol. The molecule has 0 aliphatic carbocycles. The van der Waals surface area contributed by atoms with E-state index in [9.17, 15) is 0 Å². The summed E-state index contributed by atoms with van der Waals surface area (Å²) in [5.74, 6) is 0. The topological polar surface area (TPSA) is 21.3 Å². The molecule has 0 saturated heterocycles. The summed E-state index contributed by atoms with van der Waals surface area (Å²) in [6.45, 7) is 8.57. The largest absolute Gasteiger partial charge is 0.379 e. The van der Waals surface area contributed by atoms with Crippen LogP contribution in [0.5, 0.6) is 0 Å². The fourth-order valence-electron chi connectivity index (χ4n) is 1.95. The standard InChI is InChI=1S/C13H22ClNOS/c1-9(8-13(3,4)16-5)15-10(2)11-6-7-12(14)17-11/h6-7,9-10,15H,8H2,1-5H3. The molecule has 0 spiro atoms. The Balaban J connectivity index is 2.49. The van der Waals surface area contributed by atoms with E-state index in [-0.39, 0.29) is 5.60 Å². The Labute approximate surface area is 113 Å². The third-order valence-electron chi connectivity index (χ3n) is 2.91. The zero-order valence-corrected chi connectivity index (χ0v) is 12.8. The molecule has 4 heteroatoms. The molecule has 2 atom stereocenters. The van der Waals surface area contributed by atoms with E-state index in [0.717, 1.165) is 10.8 Å². The van der Waals surface area contributed by atoms with Crippen molar-refractivity contribution in [2.75, 3.05) is 7.11 Å². The van der Waals surface area contributed by atoms with E-state index in [0.29, 0.717) is 12.1 Å². The van der Waals surface area contributed by atoms with E-state index < -0.39 is 0 Å². The lowest BCUT2D eigenvalue weighted by Crippen LogP contribution is -2.36. The first-order chi connectivity index (χ1) is 7.84. The quantitative estimate of drug-likeness (QED) is 0.838. The first-order valence-corrected chi connectivity index (χ1v) is 7.10. The first kappa shape index (κ1) is 15.0. The van der Waals surface area contributed by atoms with Crippen LogP contribution in [-0.2, 0) is 4.74 Å². The molecule has 1 aromatic rings. The molecular weight excluding hydrogens is 254 g/mol. The van der Waals surface area contributed by atoms with E-state index in [1.807, 2.05) is 6.07 Å². The highest BCUT2D eigenvalue weighted by molar-refractivity contribution is 7.16. The summed E-state index contributed by atoms with van der Waals surface area (Å²) in [6.07, 6.45) is 0.979. The van der Waals surface area contributed by atoms with Crippen LogP contribution in [-0.4, -0.2) is 18.8 Å². The van der Waals surface area contributed by atoms with Crippen molar-refractivity contribution in [3.63, 3.8) is 0 Å². The van der Waals surface area contributed by atoms with Crippen molar-refractivity contribution in [2.45, 2.75) is 51.8 Å². The third kappa shape index (κ3) is 4.96. The number of methoxy groups -OCH3 is 1. The van der Waals surface area contributed by atoms with Gasteiger partial charge < -0.3 is 10.1 Å². The Morgan fingerprint density at radius 2 is 2.06 bits per heavy atom. The zero-order valence-electron chi connectivity index (χ0n) is 11.2. The van der Waals surface area contributed by atoms with E-state index in [4.69, 9.17) is 16.3 Å². The van der Waals surface area contributed by atoms with Crippen molar-refractivity contribution < 1.29 is 4.74 Å². The predicted molar refractivity (Wildman–Crippen MR) is 76.0 cm³/mol. The maximum atomic E-state index is 5.94. The van der Waals surface area contributed by atoms with Gasteiger partial charge in [-0.3, -0.25) is 0 Å². The summed E-state index contributed by atoms with van der Waals surface area (Å²) < 4.78 is 6.29. The maximum Gasteiger partial charge on any atom is 0.0931 e. The molecule has 1 heterocycles. The molecule has 1 rings (SSSR count). The zero-order chi connectivity index (χ0) is 13.1. The van der Waals surface area contributed by atoms with Crippen LogP contribution < -0.4 is 5.32 Å². The van der Waals surface area contributed by atoms with Crippen molar-refractivity contribution in [3.8, 4) is 0 Å². The van der Waals surface area contributed by atoms with Crippen molar-refractivity contribution in [3.05, 3.63) is 21.3 Å². The summed E-state index contributed by atoms with van der Waals surface area (Å²) in [5.41, 5.74) is -0.0841. The second-order valence-corrected chi connectivity index (χ2v) is 6.85. The number of hydrogen-bond donors (Lipinski definition) is 1. The molecule has 0 radical (unpaired) electrons. The van der Waals surface area contributed by atoms with Crippen LogP contribution in [0.4, 0.5) is 0 Å². The molecule has 0 saturated carbocycles. The highest BCUT2D eigenvalue weighted by atomic mass is 35.5. The Bertz CT molecular complexity index is 351. The van der Waals surface area contributed by atoms with Gasteiger partial charge in [0.05, 0.1) is 9.94 Å². The fourth-order valence-corrected chi connectivity index (χ4v) is 3.02. The van der Waals surface area contributed by atoms with Gasteiger partial charge in [-0.25, -0.2) is 0 Å². The molecule has 0 bridgehead atoms. The molecule has 0 aliphatic heterocycles. The van der Waals surface area contributed by atoms with Gasteiger partial charge >= 0.3 is 0 Å². The molecule has 17 heavy (non-hydrogen) atoms. The van der Waals surface area contributed by atoms with Crippen LogP contribution in [0.3, 0.4) is 0 Å². The maximum absolute atomic E-state index is 5.94. The van der Waals surface area contributed by atoms with Gasteiger partial charge in [-0.1, -0.05) is 11.6 Å². The molecule has 1 aromatic heterocycles. The average molecular weight is 276 g/mol. The van der Waals surface area contributed by atoms with E-state index in [2.05, 4.69) is 39.1 Å². The van der Waals surface area contributed by atoms with Gasteiger partial charge in [0.2, 0.25) is 0 Å². The normalized spacial score (nSPS) is 15.9. The molecule has 98 valence electrons. The number of thiophene rings is 1. The molecule has 0 aromatic carbocycles. The first-order valence-electron chi connectivity index (χ1n) is 5.90. The van der Waals surface area contributed by atoms with Crippen LogP contribution in [0, 0.1) is 0 Å². The summed E-state index contributed by atoms with van der Waals surface area (Å²) >= 11 is 7.57. The van der Waals surface area contributed by atoms with Crippen molar-refractivity contribution in [1.29, 1.82) is 0 Å². The van der Waals surface area contributed by atoms with Crippen LogP contribution >= 0.6 is 22.9 Å². The van der Waals surface area contributed by atoms with E-state index in [1.165, 1.54) is 4.88 Å². The van der Waals surface area contributed by atoms with Crippen molar-refractivity contribution >= 4 is 22.9 Å². The van der Waals surface area contributed by atoms with Gasteiger partial charge in [0.1, 0.15) is 0 Å². The Morgan fingerprint density at radius 3 is 2.53 bits per heavy atom. The van der Waals surface area contributed by atoms with Gasteiger partial charge in [-0.15, -0.1) is 11.3 Å². The van der Waals surface area contributed by atoms with Gasteiger partial charge in [-0.2, -0.15) is 0 Å². The lowest BCUT2D eigenvalue weighted by atomic mass is 9.99. The van der Waals surface area contributed by atoms with Gasteiger partial charge in [-0.05, 0) is 46.2 Å². The summed E-state index contributed by atoms with van der Waals surface area (Å²) in [4.78, 5) is 1.28. The lowest BCUT2D eigenvalue weighted by molar-refractivity contribution is 0.00785. The van der Waals surface area contributed by atoms with Gasteiger partial charge in [0.25, 0.3) is 0 Å². The second-order valence-electron chi connectivity index (χ2n) is 5.10. The fraction of sp³-hybridized carbons (Fsp3) is 0.692. The average Bonchev–Trinajstić information content (AvgIpc) is 2.64. The van der Waals surface area contributed by atoms with Gasteiger partial charge in [0.15, 0.2) is 0 Å². The van der Waals surface area contributed by atoms with E-state index >= 15 is 0 Å². The predicted octanol–water partition coefficient (Wildman–Crippen LogP) is 4.26. The molecule has 2 nitrogen and oxygen atoms in total. The Kier molecular flexibility index (Phi) is 5.45. The number of hydrogen-bond acceptors (Lipinski definition) is 3. The van der Waals surface area contributed by atoms with Crippen LogP contribution in [0.2, 0.25) is 4.34 Å². The summed E-state index contributed by atoms with van der Waals surface area (Å²) in [6, 6.07) is 4.76. The summed E-state index contributed by atoms with van der Waals surface area (Å²) in [7, 11) is 1.76. The number of halogens is 1. The van der Waals surface area contributed by atoms with Crippen molar-refractivity contribution in [2.24, 2.45) is 0 Å². The molecule has 0 fully saturated rings. The van der Waals surface area contributed by atoms with Crippen LogP contribution in [0.1, 0.15) is 45.0 Å². The van der Waals surface area contributed by atoms with E-state index in [1.54, 1.807) is 18.4 Å². The lowest BCUT2D eigenvalue weighted by Gasteiger charge is -2.28. The highest BCUT2D eigenvalue weighted by Crippen LogP contribution is 2.27. The minimum Gasteiger partial charge on any atom is -0.379 e.